The molecule has 120 valence electrons. The highest BCUT2D eigenvalue weighted by atomic mass is 35.5. The number of anilines is 2. The van der Waals surface area contributed by atoms with Crippen LogP contribution >= 0.6 is 46.9 Å². The molecule has 2 rings (SSSR count). The largest absolute Gasteiger partial charge is 0.399 e. The Balaban J connectivity index is 0.00000242. The van der Waals surface area contributed by atoms with Crippen molar-refractivity contribution >= 4 is 64.2 Å². The van der Waals surface area contributed by atoms with Crippen LogP contribution in [-0.2, 0) is 11.2 Å². The van der Waals surface area contributed by atoms with Crippen LogP contribution in [0.5, 0.6) is 0 Å². The van der Waals surface area contributed by atoms with E-state index in [1.54, 1.807) is 6.07 Å². The Morgan fingerprint density at radius 1 is 1.32 bits per heavy atom. The van der Waals surface area contributed by atoms with E-state index in [2.05, 4.69) is 5.32 Å². The standard InChI is InChI=1S/C15H16Cl2N2OS.ClH/c1-9-5-6-11(18)8-12(9)19-14(20)4-2-3-10-7-13(16)21-15(10)17;/h5-8H,2-4,18H2,1H3,(H,19,20);1H. The molecule has 0 saturated heterocycles. The van der Waals surface area contributed by atoms with Crippen LogP contribution in [0.25, 0.3) is 0 Å². The highest BCUT2D eigenvalue weighted by Crippen LogP contribution is 2.32. The summed E-state index contributed by atoms with van der Waals surface area (Å²) in [5.41, 5.74) is 9.11. The summed E-state index contributed by atoms with van der Waals surface area (Å²) < 4.78 is 1.38. The van der Waals surface area contributed by atoms with Gasteiger partial charge in [-0.3, -0.25) is 4.79 Å². The van der Waals surface area contributed by atoms with Crippen molar-refractivity contribution in [1.82, 2.24) is 0 Å². The first-order chi connectivity index (χ1) is 9.95. The molecule has 1 amide bonds. The van der Waals surface area contributed by atoms with Gasteiger partial charge in [0, 0.05) is 17.8 Å². The minimum absolute atomic E-state index is 0. The second-order valence-electron chi connectivity index (χ2n) is 4.83. The lowest BCUT2D eigenvalue weighted by Crippen LogP contribution is -2.12. The number of amides is 1. The Kier molecular flexibility index (Phi) is 7.49. The maximum absolute atomic E-state index is 11.9. The van der Waals surface area contributed by atoms with Crippen LogP contribution in [0.15, 0.2) is 24.3 Å². The van der Waals surface area contributed by atoms with E-state index in [0.717, 1.165) is 29.7 Å². The lowest BCUT2D eigenvalue weighted by molar-refractivity contribution is -0.116. The molecule has 7 heteroatoms. The molecule has 0 aliphatic heterocycles. The predicted molar refractivity (Wildman–Crippen MR) is 98.7 cm³/mol. The van der Waals surface area contributed by atoms with Crippen molar-refractivity contribution in [2.45, 2.75) is 26.2 Å². The normalized spacial score (nSPS) is 10.1. The average molecular weight is 380 g/mol. The molecule has 3 N–H and O–H groups in total. The Morgan fingerprint density at radius 2 is 2.05 bits per heavy atom. The number of nitrogens with one attached hydrogen (secondary N) is 1. The van der Waals surface area contributed by atoms with Gasteiger partial charge in [0.25, 0.3) is 0 Å². The molecule has 22 heavy (non-hydrogen) atoms. The molecule has 0 aliphatic carbocycles. The summed E-state index contributed by atoms with van der Waals surface area (Å²) in [6.45, 7) is 1.93. The summed E-state index contributed by atoms with van der Waals surface area (Å²) >= 11 is 13.3. The summed E-state index contributed by atoms with van der Waals surface area (Å²) in [5, 5.41) is 2.88. The highest BCUT2D eigenvalue weighted by molar-refractivity contribution is 7.20. The van der Waals surface area contributed by atoms with Gasteiger partial charge in [0.15, 0.2) is 0 Å². The maximum Gasteiger partial charge on any atom is 0.224 e. The number of benzene rings is 1. The van der Waals surface area contributed by atoms with E-state index < -0.39 is 0 Å². The van der Waals surface area contributed by atoms with Crippen LogP contribution in [-0.4, -0.2) is 5.91 Å². The van der Waals surface area contributed by atoms with Gasteiger partial charge in [-0.1, -0.05) is 29.3 Å². The maximum atomic E-state index is 11.9. The van der Waals surface area contributed by atoms with Gasteiger partial charge in [-0.05, 0) is 49.1 Å². The minimum atomic E-state index is -0.0267. The summed E-state index contributed by atoms with van der Waals surface area (Å²) in [5.74, 6) is -0.0267. The molecular formula is C15H17Cl3N2OS. The lowest BCUT2D eigenvalue weighted by atomic mass is 10.1. The van der Waals surface area contributed by atoms with Gasteiger partial charge >= 0.3 is 0 Å². The molecule has 2 aromatic rings. The quantitative estimate of drug-likeness (QED) is 0.690. The van der Waals surface area contributed by atoms with E-state index in [1.165, 1.54) is 11.3 Å². The molecule has 0 radical (unpaired) electrons. The molecule has 0 spiro atoms. The Bertz CT molecular complexity index is 658. The molecule has 0 bridgehead atoms. The SMILES string of the molecule is Cc1ccc(N)cc1NC(=O)CCCc1cc(Cl)sc1Cl.Cl. The summed E-state index contributed by atoms with van der Waals surface area (Å²) in [7, 11) is 0. The number of rotatable bonds is 5. The first-order valence-corrected chi connectivity index (χ1v) is 8.12. The van der Waals surface area contributed by atoms with Crippen LogP contribution in [0.3, 0.4) is 0 Å². The lowest BCUT2D eigenvalue weighted by Gasteiger charge is -2.09. The molecule has 0 saturated carbocycles. The minimum Gasteiger partial charge on any atom is -0.399 e. The number of carbonyl (C=O) groups excluding carboxylic acids is 1. The van der Waals surface area contributed by atoms with E-state index in [-0.39, 0.29) is 18.3 Å². The van der Waals surface area contributed by atoms with Crippen molar-refractivity contribution in [1.29, 1.82) is 0 Å². The van der Waals surface area contributed by atoms with E-state index >= 15 is 0 Å². The van der Waals surface area contributed by atoms with Gasteiger partial charge in [0.1, 0.15) is 0 Å². The Morgan fingerprint density at radius 3 is 2.68 bits per heavy atom. The molecule has 1 aromatic carbocycles. The van der Waals surface area contributed by atoms with Gasteiger partial charge in [0.05, 0.1) is 8.67 Å². The zero-order valence-electron chi connectivity index (χ0n) is 12.0. The molecule has 0 unspecified atom stereocenters. The van der Waals surface area contributed by atoms with E-state index in [9.17, 15) is 4.79 Å². The Labute approximate surface area is 150 Å². The smallest absolute Gasteiger partial charge is 0.224 e. The molecule has 3 nitrogen and oxygen atoms in total. The van der Waals surface area contributed by atoms with Crippen molar-refractivity contribution in [3.05, 3.63) is 44.1 Å². The van der Waals surface area contributed by atoms with E-state index in [0.29, 0.717) is 20.8 Å². The number of nitrogens with two attached hydrogens (primary N) is 1. The predicted octanol–water partition coefficient (Wildman–Crippen LogP) is 5.33. The molecular weight excluding hydrogens is 363 g/mol. The fraction of sp³-hybridized carbons (Fsp3) is 0.267. The summed E-state index contributed by atoms with van der Waals surface area (Å²) in [6.07, 6.45) is 1.89. The second-order valence-corrected chi connectivity index (χ2v) is 7.11. The first-order valence-electron chi connectivity index (χ1n) is 6.55. The number of hydrogen-bond acceptors (Lipinski definition) is 3. The van der Waals surface area contributed by atoms with Crippen molar-refractivity contribution in [3.8, 4) is 0 Å². The third kappa shape index (κ3) is 5.36. The third-order valence-corrected chi connectivity index (χ3v) is 4.68. The van der Waals surface area contributed by atoms with E-state index in [4.69, 9.17) is 28.9 Å². The zero-order chi connectivity index (χ0) is 15.4. The topological polar surface area (TPSA) is 55.1 Å². The van der Waals surface area contributed by atoms with Crippen molar-refractivity contribution < 1.29 is 4.79 Å². The second kappa shape index (κ2) is 8.63. The molecule has 0 atom stereocenters. The van der Waals surface area contributed by atoms with Crippen LogP contribution in [0.4, 0.5) is 11.4 Å². The summed E-state index contributed by atoms with van der Waals surface area (Å²) in [6, 6.07) is 7.32. The molecule has 1 heterocycles. The monoisotopic (exact) mass is 378 g/mol. The van der Waals surface area contributed by atoms with Crippen LogP contribution in [0.1, 0.15) is 24.0 Å². The van der Waals surface area contributed by atoms with Crippen LogP contribution in [0, 0.1) is 6.92 Å². The third-order valence-electron chi connectivity index (χ3n) is 3.11. The van der Waals surface area contributed by atoms with E-state index in [1.807, 2.05) is 25.1 Å². The first kappa shape index (κ1) is 19.1. The van der Waals surface area contributed by atoms with Gasteiger partial charge in [0.2, 0.25) is 5.91 Å². The zero-order valence-corrected chi connectivity index (χ0v) is 15.1. The number of aryl methyl sites for hydroxylation is 2. The van der Waals surface area contributed by atoms with Crippen LogP contribution in [0.2, 0.25) is 8.67 Å². The molecule has 0 aliphatic rings. The fourth-order valence-corrected chi connectivity index (χ4v) is 3.52. The number of hydrogen-bond donors (Lipinski definition) is 2. The van der Waals surface area contributed by atoms with Crippen molar-refractivity contribution in [2.75, 3.05) is 11.1 Å². The number of nitrogen functional groups attached to an aromatic ring is 1. The average Bonchev–Trinajstić information content (AvgIpc) is 2.72. The molecule has 0 fully saturated rings. The Hall–Kier alpha value is -0.940. The van der Waals surface area contributed by atoms with Crippen LogP contribution < -0.4 is 11.1 Å². The fourth-order valence-electron chi connectivity index (χ4n) is 1.97. The van der Waals surface area contributed by atoms with Gasteiger partial charge < -0.3 is 11.1 Å². The molecule has 1 aromatic heterocycles. The van der Waals surface area contributed by atoms with Gasteiger partial charge in [-0.15, -0.1) is 23.7 Å². The number of halogens is 3. The van der Waals surface area contributed by atoms with Crippen molar-refractivity contribution in [2.24, 2.45) is 0 Å². The van der Waals surface area contributed by atoms with Crippen molar-refractivity contribution in [3.63, 3.8) is 0 Å². The van der Waals surface area contributed by atoms with Gasteiger partial charge in [-0.2, -0.15) is 0 Å². The highest BCUT2D eigenvalue weighted by Gasteiger charge is 2.08. The number of thiophene rings is 1. The summed E-state index contributed by atoms with van der Waals surface area (Å²) in [4.78, 5) is 11.9. The van der Waals surface area contributed by atoms with Gasteiger partial charge in [-0.25, -0.2) is 0 Å². The number of carbonyl (C=O) groups is 1.